The Morgan fingerprint density at radius 3 is 2.89 bits per heavy atom. The van der Waals surface area contributed by atoms with Gasteiger partial charge in [-0.15, -0.1) is 0 Å². The van der Waals surface area contributed by atoms with Gasteiger partial charge in [-0.1, -0.05) is 16.8 Å². The number of hydrogen-bond acceptors (Lipinski definition) is 6. The summed E-state index contributed by atoms with van der Waals surface area (Å²) >= 11 is 6.19. The van der Waals surface area contributed by atoms with Crippen molar-refractivity contribution < 1.29 is 23.3 Å². The zero-order valence-electron chi connectivity index (χ0n) is 14.2. The lowest BCUT2D eigenvalue weighted by Crippen LogP contribution is -2.24. The zero-order chi connectivity index (χ0) is 18.8. The summed E-state index contributed by atoms with van der Waals surface area (Å²) in [6, 6.07) is 9.84. The van der Waals surface area contributed by atoms with E-state index in [-0.39, 0.29) is 12.5 Å². The molecule has 4 rings (SSSR count). The first-order chi connectivity index (χ1) is 13.1. The molecule has 0 spiro atoms. The lowest BCUT2D eigenvalue weighted by atomic mass is 10.2. The van der Waals surface area contributed by atoms with E-state index >= 15 is 0 Å². The average molecular weight is 387 g/mol. The van der Waals surface area contributed by atoms with Crippen LogP contribution in [-0.2, 0) is 16.1 Å². The quantitative estimate of drug-likeness (QED) is 0.614. The van der Waals surface area contributed by atoms with Gasteiger partial charge in [0.15, 0.2) is 5.76 Å². The van der Waals surface area contributed by atoms with Gasteiger partial charge in [-0.25, -0.2) is 4.79 Å². The molecule has 1 aromatic carbocycles. The minimum absolute atomic E-state index is 0.00419. The Morgan fingerprint density at radius 2 is 2.15 bits per heavy atom. The van der Waals surface area contributed by atoms with Gasteiger partial charge in [0.05, 0.1) is 22.5 Å². The van der Waals surface area contributed by atoms with Crippen LogP contribution in [-0.4, -0.2) is 23.6 Å². The third kappa shape index (κ3) is 3.59. The second kappa shape index (κ2) is 7.28. The van der Waals surface area contributed by atoms with E-state index in [1.54, 1.807) is 41.3 Å². The van der Waals surface area contributed by atoms with Crippen molar-refractivity contribution >= 4 is 29.2 Å². The monoisotopic (exact) mass is 386 g/mol. The van der Waals surface area contributed by atoms with Gasteiger partial charge in [-0.2, -0.15) is 0 Å². The third-order valence-electron chi connectivity index (χ3n) is 4.22. The highest BCUT2D eigenvalue weighted by atomic mass is 35.5. The fourth-order valence-electron chi connectivity index (χ4n) is 2.89. The number of benzene rings is 1. The van der Waals surface area contributed by atoms with Crippen LogP contribution in [0.1, 0.15) is 28.9 Å². The van der Waals surface area contributed by atoms with Crippen LogP contribution >= 0.6 is 11.6 Å². The Balaban J connectivity index is 1.45. The summed E-state index contributed by atoms with van der Waals surface area (Å²) in [5.41, 5.74) is 1.29. The van der Waals surface area contributed by atoms with E-state index < -0.39 is 5.97 Å². The van der Waals surface area contributed by atoms with Crippen molar-refractivity contribution in [2.24, 2.45) is 0 Å². The Kier molecular flexibility index (Phi) is 4.68. The van der Waals surface area contributed by atoms with Gasteiger partial charge in [0.25, 0.3) is 0 Å². The molecule has 1 fully saturated rings. The highest BCUT2D eigenvalue weighted by Gasteiger charge is 2.24. The van der Waals surface area contributed by atoms with Gasteiger partial charge in [-0.3, -0.25) is 4.79 Å². The molecule has 7 nitrogen and oxygen atoms in total. The molecule has 0 atom stereocenters. The Hall–Kier alpha value is -3.06. The smallest absolute Gasteiger partial charge is 0.338 e. The number of rotatable bonds is 5. The molecule has 1 amide bonds. The molecule has 1 saturated heterocycles. The predicted octanol–water partition coefficient (Wildman–Crippen LogP) is 4.07. The van der Waals surface area contributed by atoms with Crippen LogP contribution in [0.2, 0.25) is 5.02 Å². The van der Waals surface area contributed by atoms with Crippen molar-refractivity contribution in [2.45, 2.75) is 19.4 Å². The fraction of sp³-hybridized carbons (Fsp3) is 0.211. The molecule has 0 N–H and O–H groups in total. The van der Waals surface area contributed by atoms with Crippen LogP contribution in [0.15, 0.2) is 51.6 Å². The van der Waals surface area contributed by atoms with Crippen LogP contribution in [0.25, 0.3) is 11.5 Å². The maximum atomic E-state index is 12.4. The van der Waals surface area contributed by atoms with Gasteiger partial charge in [0.1, 0.15) is 12.3 Å². The standard InChI is InChI=1S/C19H15ClN2O5/c20-14-6-5-12(9-15(14)22-7-1-4-18(22)23)19(24)26-11-13-10-17(27-21-13)16-3-2-8-25-16/h2-3,5-6,8-10H,1,4,7,11H2. The van der Waals surface area contributed by atoms with Gasteiger partial charge in [-0.05, 0) is 36.8 Å². The number of aromatic nitrogens is 1. The van der Waals surface area contributed by atoms with Crippen LogP contribution in [0.3, 0.4) is 0 Å². The summed E-state index contributed by atoms with van der Waals surface area (Å²) < 4.78 is 15.7. The van der Waals surface area contributed by atoms with Crippen LogP contribution < -0.4 is 4.90 Å². The first-order valence-electron chi connectivity index (χ1n) is 8.38. The number of amides is 1. The number of carbonyl (C=O) groups is 2. The van der Waals surface area contributed by atoms with Crippen molar-refractivity contribution in [3.63, 3.8) is 0 Å². The van der Waals surface area contributed by atoms with Crippen LogP contribution in [0.4, 0.5) is 5.69 Å². The summed E-state index contributed by atoms with van der Waals surface area (Å²) in [5, 5.41) is 4.27. The number of esters is 1. The first-order valence-corrected chi connectivity index (χ1v) is 8.76. The SMILES string of the molecule is O=C(OCc1cc(-c2ccco2)on1)c1ccc(Cl)c(N2CCCC2=O)c1. The maximum Gasteiger partial charge on any atom is 0.338 e. The number of ether oxygens (including phenoxy) is 1. The molecule has 1 aliphatic rings. The predicted molar refractivity (Wildman–Crippen MR) is 96.4 cm³/mol. The van der Waals surface area contributed by atoms with Gasteiger partial charge < -0.3 is 18.6 Å². The molecule has 1 aliphatic heterocycles. The minimum atomic E-state index is -0.540. The molecule has 0 aliphatic carbocycles. The van der Waals surface area contributed by atoms with Gasteiger partial charge >= 0.3 is 5.97 Å². The number of furan rings is 1. The van der Waals surface area contributed by atoms with E-state index in [9.17, 15) is 9.59 Å². The Labute approximate surface area is 159 Å². The molecule has 0 radical (unpaired) electrons. The van der Waals surface area contributed by atoms with Gasteiger partial charge in [0, 0.05) is 19.0 Å². The van der Waals surface area contributed by atoms with E-state index in [2.05, 4.69) is 5.16 Å². The largest absolute Gasteiger partial charge is 0.461 e. The molecule has 0 saturated carbocycles. The minimum Gasteiger partial charge on any atom is -0.461 e. The summed E-state index contributed by atoms with van der Waals surface area (Å²) in [7, 11) is 0. The van der Waals surface area contributed by atoms with Crippen molar-refractivity contribution in [3.05, 3.63) is 58.9 Å². The molecule has 0 bridgehead atoms. The van der Waals surface area contributed by atoms with E-state index in [0.29, 0.717) is 46.5 Å². The summed E-state index contributed by atoms with van der Waals surface area (Å²) in [4.78, 5) is 25.9. The topological polar surface area (TPSA) is 85.8 Å². The summed E-state index contributed by atoms with van der Waals surface area (Å²) in [6.07, 6.45) is 2.78. The van der Waals surface area contributed by atoms with E-state index in [0.717, 1.165) is 6.42 Å². The molecule has 3 aromatic rings. The normalized spacial score (nSPS) is 14.0. The second-order valence-electron chi connectivity index (χ2n) is 6.05. The highest BCUT2D eigenvalue weighted by Crippen LogP contribution is 2.30. The Bertz CT molecular complexity index is 980. The molecule has 138 valence electrons. The van der Waals surface area contributed by atoms with E-state index in [1.807, 2.05) is 0 Å². The van der Waals surface area contributed by atoms with Crippen molar-refractivity contribution in [3.8, 4) is 11.5 Å². The number of hydrogen-bond donors (Lipinski definition) is 0. The lowest BCUT2D eigenvalue weighted by molar-refractivity contribution is -0.117. The molecular weight excluding hydrogens is 372 g/mol. The summed E-state index contributed by atoms with van der Waals surface area (Å²) in [5.74, 6) is 0.447. The molecule has 8 heteroatoms. The molecule has 3 heterocycles. The zero-order valence-corrected chi connectivity index (χ0v) is 14.9. The van der Waals surface area contributed by atoms with Crippen LogP contribution in [0.5, 0.6) is 0 Å². The van der Waals surface area contributed by atoms with Crippen LogP contribution in [0, 0.1) is 0 Å². The molecule has 0 unspecified atom stereocenters. The van der Waals surface area contributed by atoms with Crippen molar-refractivity contribution in [2.75, 3.05) is 11.4 Å². The third-order valence-corrected chi connectivity index (χ3v) is 4.54. The number of carbonyl (C=O) groups excluding carboxylic acids is 2. The lowest BCUT2D eigenvalue weighted by Gasteiger charge is -2.18. The second-order valence-corrected chi connectivity index (χ2v) is 6.46. The maximum absolute atomic E-state index is 12.4. The first kappa shape index (κ1) is 17.4. The summed E-state index contributed by atoms with van der Waals surface area (Å²) in [6.45, 7) is 0.537. The number of nitrogens with zero attached hydrogens (tertiary/aromatic N) is 2. The average Bonchev–Trinajstić information content (AvgIpc) is 3.41. The number of halogens is 1. The molecular formula is C19H15ClN2O5. The van der Waals surface area contributed by atoms with Gasteiger partial charge in [0.2, 0.25) is 11.7 Å². The highest BCUT2D eigenvalue weighted by molar-refractivity contribution is 6.34. The molecule has 27 heavy (non-hydrogen) atoms. The molecule has 2 aromatic heterocycles. The van der Waals surface area contributed by atoms with Crippen molar-refractivity contribution in [1.82, 2.24) is 5.16 Å². The van der Waals surface area contributed by atoms with E-state index in [1.165, 1.54) is 6.26 Å². The number of anilines is 1. The van der Waals surface area contributed by atoms with E-state index in [4.69, 9.17) is 25.3 Å². The fourth-order valence-corrected chi connectivity index (χ4v) is 3.11. The van der Waals surface area contributed by atoms with Crippen molar-refractivity contribution in [1.29, 1.82) is 0 Å². The Morgan fingerprint density at radius 1 is 1.26 bits per heavy atom.